The van der Waals surface area contributed by atoms with Crippen molar-refractivity contribution < 1.29 is 76.3 Å². The maximum absolute atomic E-state index is 14.1. The van der Waals surface area contributed by atoms with Gasteiger partial charge < -0.3 is 42.9 Å². The molecule has 12 rings (SSSR count). The maximum atomic E-state index is 14.1. The van der Waals surface area contributed by atoms with Crippen LogP contribution in [0.25, 0.3) is 44.5 Å². The Morgan fingerprint density at radius 1 is 0.627 bits per heavy atom. The molecule has 11 nitrogen and oxygen atoms in total. The van der Waals surface area contributed by atoms with Gasteiger partial charge >= 0.3 is 29.1 Å². The predicted octanol–water partition coefficient (Wildman–Crippen LogP) is 16.0. The van der Waals surface area contributed by atoms with Gasteiger partial charge in [-0.1, -0.05) is 91.8 Å². The van der Waals surface area contributed by atoms with Crippen LogP contribution in [0.1, 0.15) is 70.3 Å². The van der Waals surface area contributed by atoms with Crippen LogP contribution in [-0.2, 0) is 31.9 Å². The Kier molecular flexibility index (Phi) is 33.1. The SMILES string of the molecule is C=CC(C)=O.CC(=O)CCNc1cccc(-c2ccc(F)cc2F)c1.CC(O)(CCCc1cccc(-c2ccc(F)cc2F)c1)c1ccccn1.CC1(c2ccccn2)CCN(c2cccc(-c3ccc(F)cc3F)c2)C(=O)O1.Nc1cccc(-c2ccc(F)cc2F)c1.[Br-].[Mg+2].[c-]1ccccn1. The zero-order chi connectivity index (χ0) is 72.2. The first-order chi connectivity index (χ1) is 47.9. The van der Waals surface area contributed by atoms with Crippen LogP contribution < -0.4 is 32.9 Å². The number of nitrogens with zero attached hydrogens (tertiary/aromatic N) is 4. The monoisotopic (exact) mass is 1460 g/mol. The van der Waals surface area contributed by atoms with Crippen LogP contribution in [0.3, 0.4) is 0 Å². The third-order valence-electron chi connectivity index (χ3n) is 15.3. The van der Waals surface area contributed by atoms with Crippen LogP contribution in [0.5, 0.6) is 0 Å². The zero-order valence-electron chi connectivity index (χ0n) is 56.4. The van der Waals surface area contributed by atoms with E-state index in [1.54, 1.807) is 98.3 Å². The molecule has 0 bridgehead atoms. The van der Waals surface area contributed by atoms with Gasteiger partial charge in [0.05, 0.1) is 11.4 Å². The summed E-state index contributed by atoms with van der Waals surface area (Å²) in [7, 11) is 0. The molecule has 8 aromatic carbocycles. The van der Waals surface area contributed by atoms with Crippen LogP contribution in [0.15, 0.2) is 256 Å². The number of anilines is 3. The number of rotatable bonds is 16. The van der Waals surface area contributed by atoms with Crippen molar-refractivity contribution in [3.63, 3.8) is 0 Å². The van der Waals surface area contributed by atoms with Crippen molar-refractivity contribution in [2.24, 2.45) is 0 Å². The third-order valence-corrected chi connectivity index (χ3v) is 15.3. The molecule has 0 radical (unpaired) electrons. The van der Waals surface area contributed by atoms with Gasteiger partial charge in [-0.3, -0.25) is 24.5 Å². The number of nitrogens with two attached hydrogens (primary N) is 1. The molecule has 1 saturated heterocycles. The number of aliphatic hydroxyl groups is 1. The van der Waals surface area contributed by atoms with Crippen molar-refractivity contribution in [3.05, 3.63) is 325 Å². The van der Waals surface area contributed by atoms with Gasteiger partial charge in [-0.25, -0.2) is 39.9 Å². The second kappa shape index (κ2) is 40.9. The Hall–Kier alpha value is -10.2. The number of nitrogens with one attached hydrogen (secondary N) is 1. The van der Waals surface area contributed by atoms with E-state index < -0.39 is 63.8 Å². The van der Waals surface area contributed by atoms with E-state index in [2.05, 4.69) is 33.0 Å². The van der Waals surface area contributed by atoms with Crippen LogP contribution in [0.4, 0.5) is 57.0 Å². The summed E-state index contributed by atoms with van der Waals surface area (Å²) in [5.41, 5.74) is 12.1. The molecule has 1 amide bonds. The molecule has 0 spiro atoms. The van der Waals surface area contributed by atoms with Crippen molar-refractivity contribution in [2.45, 2.75) is 71.0 Å². The second-order valence-electron chi connectivity index (χ2n) is 23.2. The summed E-state index contributed by atoms with van der Waals surface area (Å²) in [4.78, 5) is 47.0. The van der Waals surface area contributed by atoms with Gasteiger partial charge in [0, 0.05) is 102 Å². The minimum absolute atomic E-state index is 0. The van der Waals surface area contributed by atoms with E-state index in [-0.39, 0.29) is 57.2 Å². The number of ether oxygens (including phenoxy) is 1. The summed E-state index contributed by atoms with van der Waals surface area (Å²) >= 11 is 0. The van der Waals surface area contributed by atoms with E-state index in [1.165, 1.54) is 73.4 Å². The Morgan fingerprint density at radius 3 is 1.56 bits per heavy atom. The number of amides is 1. The van der Waals surface area contributed by atoms with Gasteiger partial charge in [0.2, 0.25) is 0 Å². The fourth-order valence-corrected chi connectivity index (χ4v) is 10.0. The molecular weight excluding hydrogens is 1390 g/mol. The summed E-state index contributed by atoms with van der Waals surface area (Å²) in [6.07, 6.45) is 11.5. The molecule has 2 unspecified atom stereocenters. The Balaban J connectivity index is 0.000000235. The van der Waals surface area contributed by atoms with E-state index in [0.29, 0.717) is 88.5 Å². The molecule has 11 aromatic rings. The molecule has 522 valence electrons. The molecule has 0 aliphatic carbocycles. The van der Waals surface area contributed by atoms with Crippen molar-refractivity contribution in [3.8, 4) is 44.5 Å². The number of halogens is 9. The summed E-state index contributed by atoms with van der Waals surface area (Å²) in [5, 5.41) is 13.7. The van der Waals surface area contributed by atoms with Gasteiger partial charge in [0.25, 0.3) is 0 Å². The molecule has 1 aliphatic rings. The summed E-state index contributed by atoms with van der Waals surface area (Å²) in [5.74, 6) is -4.66. The number of carbonyl (C=O) groups is 3. The number of hydrogen-bond acceptors (Lipinski definition) is 10. The van der Waals surface area contributed by atoms with E-state index in [9.17, 15) is 54.6 Å². The average molecular weight is 1470 g/mol. The number of hydrogen-bond donors (Lipinski definition) is 3. The Bertz CT molecular complexity index is 4490. The molecule has 4 N–H and O–H groups in total. The third kappa shape index (κ3) is 25.8. The zero-order valence-corrected chi connectivity index (χ0v) is 59.4. The Labute approximate surface area is 615 Å². The molecule has 4 heterocycles. The van der Waals surface area contributed by atoms with Crippen molar-refractivity contribution in [1.82, 2.24) is 15.0 Å². The van der Waals surface area contributed by atoms with Gasteiger partial charge in [0.15, 0.2) is 11.4 Å². The number of cyclic esters (lactones) is 1. The fourth-order valence-electron chi connectivity index (χ4n) is 10.0. The minimum Gasteiger partial charge on any atom is -1.00 e. The number of carbonyl (C=O) groups excluding carboxylic acids is 3. The van der Waals surface area contributed by atoms with E-state index in [0.717, 1.165) is 53.9 Å². The molecule has 102 heavy (non-hydrogen) atoms. The summed E-state index contributed by atoms with van der Waals surface area (Å²) in [6, 6.07) is 59.0. The molecule has 21 heteroatoms. The van der Waals surface area contributed by atoms with Crippen LogP contribution in [0, 0.1) is 52.7 Å². The van der Waals surface area contributed by atoms with E-state index >= 15 is 0 Å². The minimum atomic E-state index is -0.984. The summed E-state index contributed by atoms with van der Waals surface area (Å²) in [6.45, 7) is 10.8. The number of Topliss-reactive ketones (excluding diaryl/α,β-unsaturated/α-hetero) is 1. The van der Waals surface area contributed by atoms with Crippen LogP contribution in [-0.4, -0.2) is 73.9 Å². The van der Waals surface area contributed by atoms with E-state index in [1.807, 2.05) is 85.8 Å². The first-order valence-electron chi connectivity index (χ1n) is 31.6. The number of allylic oxidation sites excluding steroid dienone is 1. The normalized spacial score (nSPS) is 13.1. The van der Waals surface area contributed by atoms with Crippen LogP contribution >= 0.6 is 0 Å². The fraction of sp³-hybridized carbons (Fsp3) is 0.160. The number of aryl methyl sites for hydroxylation is 1. The molecule has 3 aromatic heterocycles. The Morgan fingerprint density at radius 2 is 1.12 bits per heavy atom. The number of benzene rings is 8. The molecule has 1 fully saturated rings. The number of aromatic nitrogens is 3. The number of ketones is 2. The average Bonchev–Trinajstić information content (AvgIpc) is 0.784. The standard InChI is InChI=1S/C22H18F2N2O2.C22H21F2NO.C16H15F2NO.C12H9F2N.C5H4N.C4H6O.BrH.Mg/c1-22(20-7-2-3-11-25-20)10-12-26(21(27)28-22)17-6-4-5-15(13-17)18-9-8-16(23)14-19(18)24;1-22(26,21-9-2-3-13-25-21)12-5-7-16-6-4-8-17(14-16)19-11-10-18(23)15-20(19)24;1-11(20)7-8-19-14-4-2-3-12(9-14)15-6-5-13(17)10-16(15)18;13-9-4-5-11(12(14)7-9)8-2-1-3-10(15)6-8;1-2-4-6-5-3-1;1-3-4(2)5;;/h2-9,11,13-14H,10,12H2,1H3;2-4,6,8-11,13-15,26H,5,7,12H2,1H3;2-6,9-10,19H,7-8H2,1H3;1-7H,15H2;1-4H;3H,1H2,2H3;1H;/q;;;;-1;;;+2/p-1. The van der Waals surface area contributed by atoms with Gasteiger partial charge in [-0.2, -0.15) is 18.2 Å². The van der Waals surface area contributed by atoms with Gasteiger partial charge in [0.1, 0.15) is 57.9 Å². The largest absolute Gasteiger partial charge is 2.00 e. The van der Waals surface area contributed by atoms with Crippen molar-refractivity contribution >= 4 is 57.8 Å². The van der Waals surface area contributed by atoms with Crippen molar-refractivity contribution in [2.75, 3.05) is 29.0 Å². The smallest absolute Gasteiger partial charge is 1.00 e. The predicted molar refractivity (Wildman–Crippen MR) is 382 cm³/mol. The van der Waals surface area contributed by atoms with Crippen LogP contribution in [0.2, 0.25) is 0 Å². The van der Waals surface area contributed by atoms with Gasteiger partial charge in [-0.05, 0) is 190 Å². The maximum Gasteiger partial charge on any atom is 2.00 e. The number of pyridine rings is 3. The number of nitrogen functional groups attached to an aromatic ring is 1. The topological polar surface area (TPSA) is 161 Å². The molecule has 1 aliphatic heterocycles. The van der Waals surface area contributed by atoms with Gasteiger partial charge in [-0.15, -0.1) is 0 Å². The summed E-state index contributed by atoms with van der Waals surface area (Å²) < 4.78 is 113. The molecule has 0 saturated carbocycles. The van der Waals surface area contributed by atoms with E-state index in [4.69, 9.17) is 10.5 Å². The first-order valence-corrected chi connectivity index (χ1v) is 31.6. The molecule has 2 atom stereocenters. The second-order valence-corrected chi connectivity index (χ2v) is 23.2. The first kappa shape index (κ1) is 82.5. The van der Waals surface area contributed by atoms with Crippen molar-refractivity contribution in [1.29, 1.82) is 0 Å². The quantitative estimate of drug-likeness (QED) is 0.0279. The molecular formula is C81H73BrF8MgN6O5.